The first-order valence-electron chi connectivity index (χ1n) is 11.8. The summed E-state index contributed by atoms with van der Waals surface area (Å²) in [5.41, 5.74) is 7.27. The quantitative estimate of drug-likeness (QED) is 0.257. The van der Waals surface area contributed by atoms with Gasteiger partial charge in [-0.25, -0.2) is 4.39 Å². The fourth-order valence-electron chi connectivity index (χ4n) is 4.20. The molecule has 4 aromatic rings. The number of hydrogen-bond acceptors (Lipinski definition) is 1. The molecule has 1 unspecified atom stereocenters. The van der Waals surface area contributed by atoms with Crippen molar-refractivity contribution in [2.45, 2.75) is 39.0 Å². The minimum absolute atomic E-state index is 0.304. The lowest BCUT2D eigenvalue weighted by atomic mass is 9.93. The Morgan fingerprint density at radius 3 is 1.88 bits per heavy atom. The Kier molecular flexibility index (Phi) is 7.57. The second kappa shape index (κ2) is 11.0. The third kappa shape index (κ3) is 6.10. The molecule has 0 radical (unpaired) electrons. The minimum atomic E-state index is -0.319. The van der Waals surface area contributed by atoms with Crippen LogP contribution in [0.4, 0.5) is 4.39 Å². The van der Waals surface area contributed by atoms with E-state index in [1.807, 2.05) is 13.0 Å². The number of ether oxygens (including phenoxy) is 1. The van der Waals surface area contributed by atoms with Gasteiger partial charge in [-0.2, -0.15) is 0 Å². The number of hydrogen-bond donors (Lipinski definition) is 0. The van der Waals surface area contributed by atoms with E-state index in [-0.39, 0.29) is 5.82 Å². The van der Waals surface area contributed by atoms with Gasteiger partial charge in [-0.05, 0) is 77.6 Å². The van der Waals surface area contributed by atoms with Crippen molar-refractivity contribution in [1.29, 1.82) is 0 Å². The summed E-state index contributed by atoms with van der Waals surface area (Å²) in [5, 5.41) is 0. The van der Waals surface area contributed by atoms with Gasteiger partial charge in [-0.3, -0.25) is 0 Å². The Balaban J connectivity index is 1.32. The van der Waals surface area contributed by atoms with Crippen LogP contribution in [0.2, 0.25) is 0 Å². The molecule has 0 saturated carbocycles. The Morgan fingerprint density at radius 1 is 0.697 bits per heavy atom. The van der Waals surface area contributed by atoms with Crippen LogP contribution in [0.3, 0.4) is 0 Å². The molecule has 0 saturated heterocycles. The number of aryl methyl sites for hydroxylation is 2. The van der Waals surface area contributed by atoms with E-state index >= 15 is 0 Å². The number of benzene rings is 4. The molecule has 0 bridgehead atoms. The molecule has 2 heteroatoms. The molecular weight excluding hydrogens is 407 g/mol. The Morgan fingerprint density at radius 2 is 1.27 bits per heavy atom. The van der Waals surface area contributed by atoms with Crippen LogP contribution in [0.25, 0.3) is 11.1 Å². The van der Waals surface area contributed by atoms with Crippen LogP contribution in [-0.4, -0.2) is 6.61 Å². The lowest BCUT2D eigenvalue weighted by Crippen LogP contribution is -1.99. The zero-order chi connectivity index (χ0) is 23.0. The molecule has 0 aliphatic carbocycles. The molecule has 0 spiro atoms. The maximum Gasteiger partial charge on any atom is 0.165 e. The van der Waals surface area contributed by atoms with Crippen LogP contribution in [0.1, 0.15) is 42.0 Å². The van der Waals surface area contributed by atoms with Gasteiger partial charge in [0.2, 0.25) is 0 Å². The summed E-state index contributed by atoms with van der Waals surface area (Å²) < 4.78 is 19.5. The van der Waals surface area contributed by atoms with Gasteiger partial charge in [0.05, 0.1) is 6.61 Å². The lowest BCUT2D eigenvalue weighted by molar-refractivity contribution is 0.321. The minimum Gasteiger partial charge on any atom is -0.491 e. The molecule has 0 aliphatic heterocycles. The van der Waals surface area contributed by atoms with Crippen molar-refractivity contribution in [3.8, 4) is 16.9 Å². The first-order valence-corrected chi connectivity index (χ1v) is 11.8. The summed E-state index contributed by atoms with van der Waals surface area (Å²) in [6.45, 7) is 4.60. The summed E-state index contributed by atoms with van der Waals surface area (Å²) in [5.74, 6) is 0.498. The van der Waals surface area contributed by atoms with Crippen molar-refractivity contribution >= 4 is 0 Å². The third-order valence-corrected chi connectivity index (χ3v) is 6.15. The highest BCUT2D eigenvalue weighted by molar-refractivity contribution is 5.64. The van der Waals surface area contributed by atoms with E-state index < -0.39 is 0 Å². The summed E-state index contributed by atoms with van der Waals surface area (Å²) in [4.78, 5) is 0. The average Bonchev–Trinajstić information content (AvgIpc) is 2.86. The van der Waals surface area contributed by atoms with Gasteiger partial charge in [0.1, 0.15) is 0 Å². The van der Waals surface area contributed by atoms with Crippen LogP contribution in [0.15, 0.2) is 97.1 Å². The fraction of sp³-hybridized carbons (Fsp3) is 0.226. The van der Waals surface area contributed by atoms with Gasteiger partial charge >= 0.3 is 0 Å². The maximum absolute atomic E-state index is 14.2. The summed E-state index contributed by atoms with van der Waals surface area (Å²) in [6.07, 6.45) is 3.04. The molecule has 0 amide bonds. The van der Waals surface area contributed by atoms with Crippen LogP contribution in [0, 0.1) is 5.82 Å². The highest BCUT2D eigenvalue weighted by Crippen LogP contribution is 2.26. The third-order valence-electron chi connectivity index (χ3n) is 6.15. The van der Waals surface area contributed by atoms with E-state index in [0.29, 0.717) is 18.3 Å². The van der Waals surface area contributed by atoms with Crippen molar-refractivity contribution in [3.63, 3.8) is 0 Å². The van der Waals surface area contributed by atoms with E-state index in [1.165, 1.54) is 22.3 Å². The van der Waals surface area contributed by atoms with Crippen molar-refractivity contribution < 1.29 is 9.13 Å². The normalized spacial score (nSPS) is 11.8. The first-order chi connectivity index (χ1) is 16.1. The van der Waals surface area contributed by atoms with Gasteiger partial charge in [0.25, 0.3) is 0 Å². The van der Waals surface area contributed by atoms with Crippen LogP contribution >= 0.6 is 0 Å². The molecule has 0 N–H and O–H groups in total. The van der Waals surface area contributed by atoms with Gasteiger partial charge in [-0.1, -0.05) is 91.9 Å². The highest BCUT2D eigenvalue weighted by Gasteiger charge is 2.08. The summed E-state index contributed by atoms with van der Waals surface area (Å²) in [6, 6.07) is 33.3. The lowest BCUT2D eigenvalue weighted by Gasteiger charge is -2.12. The standard InChI is InChI=1S/C31H31FO/c1-3-33-31-20-19-29(22-30(31)32)28-17-15-25(16-18-28)10-9-24-11-13-26(14-12-24)21-23(2)27-7-5-4-6-8-27/h4-8,11-20,22-23H,3,9-10,21H2,1-2H3. The molecular formula is C31H31FO. The second-order valence-corrected chi connectivity index (χ2v) is 8.61. The van der Waals surface area contributed by atoms with E-state index in [4.69, 9.17) is 4.74 Å². The summed E-state index contributed by atoms with van der Waals surface area (Å²) in [7, 11) is 0. The molecule has 4 aromatic carbocycles. The second-order valence-electron chi connectivity index (χ2n) is 8.61. The molecule has 1 atom stereocenters. The van der Waals surface area contributed by atoms with Crippen molar-refractivity contribution in [2.75, 3.05) is 6.61 Å². The largest absolute Gasteiger partial charge is 0.491 e. The predicted molar refractivity (Wildman–Crippen MR) is 135 cm³/mol. The van der Waals surface area contributed by atoms with E-state index in [1.54, 1.807) is 12.1 Å². The van der Waals surface area contributed by atoms with Crippen molar-refractivity contribution in [1.82, 2.24) is 0 Å². The molecule has 33 heavy (non-hydrogen) atoms. The zero-order valence-electron chi connectivity index (χ0n) is 19.4. The van der Waals surface area contributed by atoms with Crippen molar-refractivity contribution in [3.05, 3.63) is 125 Å². The Bertz CT molecular complexity index is 1150. The first kappa shape index (κ1) is 22.8. The van der Waals surface area contributed by atoms with Gasteiger partial charge in [0.15, 0.2) is 11.6 Å². The van der Waals surface area contributed by atoms with Crippen LogP contribution < -0.4 is 4.74 Å². The number of halogens is 1. The smallest absolute Gasteiger partial charge is 0.165 e. The molecule has 0 fully saturated rings. The molecule has 4 rings (SSSR count). The van der Waals surface area contributed by atoms with Crippen LogP contribution in [0.5, 0.6) is 5.75 Å². The average molecular weight is 439 g/mol. The zero-order valence-corrected chi connectivity index (χ0v) is 19.4. The topological polar surface area (TPSA) is 9.23 Å². The molecule has 0 aliphatic rings. The molecule has 0 aromatic heterocycles. The van der Waals surface area contributed by atoms with E-state index in [2.05, 4.69) is 85.8 Å². The van der Waals surface area contributed by atoms with Gasteiger partial charge in [-0.15, -0.1) is 0 Å². The van der Waals surface area contributed by atoms with E-state index in [0.717, 1.165) is 30.4 Å². The van der Waals surface area contributed by atoms with Crippen molar-refractivity contribution in [2.24, 2.45) is 0 Å². The molecule has 168 valence electrons. The molecule has 1 nitrogen and oxygen atoms in total. The SMILES string of the molecule is CCOc1ccc(-c2ccc(CCc3ccc(CC(C)c4ccccc4)cc3)cc2)cc1F. The fourth-order valence-corrected chi connectivity index (χ4v) is 4.20. The maximum atomic E-state index is 14.2. The monoisotopic (exact) mass is 438 g/mol. The van der Waals surface area contributed by atoms with Crippen LogP contribution in [-0.2, 0) is 19.3 Å². The van der Waals surface area contributed by atoms with Gasteiger partial charge in [0, 0.05) is 0 Å². The Labute approximate surface area is 196 Å². The van der Waals surface area contributed by atoms with E-state index in [9.17, 15) is 4.39 Å². The molecule has 0 heterocycles. The Hall–Kier alpha value is -3.39. The highest BCUT2D eigenvalue weighted by atomic mass is 19.1. The summed E-state index contributed by atoms with van der Waals surface area (Å²) >= 11 is 0. The van der Waals surface area contributed by atoms with Gasteiger partial charge < -0.3 is 4.74 Å². The predicted octanol–water partition coefficient (Wildman–Crippen LogP) is 8.02. The number of rotatable bonds is 9.